The summed E-state index contributed by atoms with van der Waals surface area (Å²) in [5, 5.41) is 4.38. The first-order chi connectivity index (χ1) is 11.4. The lowest BCUT2D eigenvalue weighted by molar-refractivity contribution is 0.181. The van der Waals surface area contributed by atoms with Crippen molar-refractivity contribution in [2.75, 3.05) is 26.2 Å². The molecule has 24 heavy (non-hydrogen) atoms. The van der Waals surface area contributed by atoms with Crippen LogP contribution in [0.4, 0.5) is 0 Å². The highest BCUT2D eigenvalue weighted by molar-refractivity contribution is 9.11. The third kappa shape index (κ3) is 3.60. The molecule has 0 saturated carbocycles. The Balaban J connectivity index is 1.62. The van der Waals surface area contributed by atoms with Gasteiger partial charge < -0.3 is 0 Å². The molecule has 0 radical (unpaired) electrons. The predicted molar refractivity (Wildman–Crippen MR) is 98.7 cm³/mol. The Labute approximate surface area is 155 Å². The number of nitrogens with zero attached hydrogens (tertiary/aromatic N) is 4. The van der Waals surface area contributed by atoms with Crippen molar-refractivity contribution in [2.24, 2.45) is 0 Å². The molecular formula is C15H21BrN4O2S2. The Morgan fingerprint density at radius 3 is 2.50 bits per heavy atom. The second-order valence-electron chi connectivity index (χ2n) is 5.81. The van der Waals surface area contributed by atoms with Gasteiger partial charge in [0.25, 0.3) is 10.0 Å². The van der Waals surface area contributed by atoms with Crippen molar-refractivity contribution in [1.82, 2.24) is 19.0 Å². The van der Waals surface area contributed by atoms with E-state index in [1.807, 2.05) is 10.9 Å². The first-order valence-corrected chi connectivity index (χ1v) is 11.0. The number of aryl methyl sites for hydroxylation is 1. The van der Waals surface area contributed by atoms with Crippen LogP contribution in [0.25, 0.3) is 0 Å². The summed E-state index contributed by atoms with van der Waals surface area (Å²) in [6.45, 7) is 8.39. The number of sulfonamides is 1. The van der Waals surface area contributed by atoms with E-state index in [-0.39, 0.29) is 0 Å². The van der Waals surface area contributed by atoms with Gasteiger partial charge in [-0.15, -0.1) is 11.3 Å². The minimum absolute atomic E-state index is 0.405. The second-order valence-corrected chi connectivity index (χ2v) is 10.4. The summed E-state index contributed by atoms with van der Waals surface area (Å²) >= 11 is 4.59. The molecule has 1 aliphatic heterocycles. The molecule has 132 valence electrons. The number of aromatic nitrogens is 2. The molecule has 0 aromatic carbocycles. The molecule has 3 rings (SSSR count). The highest BCUT2D eigenvalue weighted by atomic mass is 79.9. The van der Waals surface area contributed by atoms with E-state index in [9.17, 15) is 8.42 Å². The van der Waals surface area contributed by atoms with Crippen LogP contribution >= 0.6 is 27.3 Å². The molecule has 1 saturated heterocycles. The molecule has 0 N–H and O–H groups in total. The molecule has 0 unspecified atom stereocenters. The fourth-order valence-corrected chi connectivity index (χ4v) is 6.48. The monoisotopic (exact) mass is 432 g/mol. The highest BCUT2D eigenvalue weighted by Gasteiger charge is 2.29. The van der Waals surface area contributed by atoms with Crippen molar-refractivity contribution in [3.63, 3.8) is 0 Å². The van der Waals surface area contributed by atoms with Crippen LogP contribution in [0.5, 0.6) is 0 Å². The highest BCUT2D eigenvalue weighted by Crippen LogP contribution is 2.29. The number of halogens is 1. The van der Waals surface area contributed by atoms with Gasteiger partial charge in [-0.3, -0.25) is 9.58 Å². The van der Waals surface area contributed by atoms with E-state index in [4.69, 9.17) is 0 Å². The number of thiophene rings is 1. The quantitative estimate of drug-likeness (QED) is 0.728. The van der Waals surface area contributed by atoms with Crippen LogP contribution in [0.1, 0.15) is 18.2 Å². The van der Waals surface area contributed by atoms with E-state index in [0.29, 0.717) is 17.3 Å². The number of piperazine rings is 1. The first kappa shape index (κ1) is 18.1. The Morgan fingerprint density at radius 2 is 1.96 bits per heavy atom. The van der Waals surface area contributed by atoms with Gasteiger partial charge in [0.1, 0.15) is 4.21 Å². The Bertz CT molecular complexity index is 807. The van der Waals surface area contributed by atoms with E-state index in [1.165, 1.54) is 22.6 Å². The molecule has 1 fully saturated rings. The van der Waals surface area contributed by atoms with Crippen LogP contribution < -0.4 is 0 Å². The summed E-state index contributed by atoms with van der Waals surface area (Å²) in [4.78, 5) is 2.29. The third-order valence-electron chi connectivity index (χ3n) is 4.37. The summed E-state index contributed by atoms with van der Waals surface area (Å²) in [6, 6.07) is 3.45. The summed E-state index contributed by atoms with van der Waals surface area (Å²) in [5.41, 5.74) is 2.41. The van der Waals surface area contributed by atoms with Gasteiger partial charge in [0.05, 0.1) is 9.98 Å². The van der Waals surface area contributed by atoms with E-state index in [2.05, 4.69) is 39.8 Å². The lowest BCUT2D eigenvalue weighted by Gasteiger charge is -2.33. The van der Waals surface area contributed by atoms with Gasteiger partial charge in [0.2, 0.25) is 0 Å². The van der Waals surface area contributed by atoms with Crippen molar-refractivity contribution in [3.05, 3.63) is 33.4 Å². The molecule has 2 aromatic heterocycles. The zero-order chi connectivity index (χ0) is 17.3. The van der Waals surface area contributed by atoms with Gasteiger partial charge >= 0.3 is 0 Å². The van der Waals surface area contributed by atoms with Gasteiger partial charge in [-0.1, -0.05) is 0 Å². The lowest BCUT2D eigenvalue weighted by atomic mass is 10.2. The molecule has 6 nitrogen and oxygen atoms in total. The normalized spacial score (nSPS) is 17.5. The van der Waals surface area contributed by atoms with Gasteiger partial charge in [0, 0.05) is 50.5 Å². The van der Waals surface area contributed by atoms with Crippen LogP contribution in [0.2, 0.25) is 0 Å². The second kappa shape index (κ2) is 7.25. The molecule has 0 spiro atoms. The molecule has 9 heteroatoms. The van der Waals surface area contributed by atoms with Gasteiger partial charge in [-0.05, 0) is 41.9 Å². The third-order valence-corrected chi connectivity index (χ3v) is 8.36. The maximum absolute atomic E-state index is 12.6. The largest absolute Gasteiger partial charge is 0.296 e. The average molecular weight is 433 g/mol. The molecule has 0 amide bonds. The van der Waals surface area contributed by atoms with Gasteiger partial charge in [0.15, 0.2) is 0 Å². The minimum Gasteiger partial charge on any atom is -0.296 e. The standard InChI is InChI=1S/C15H21BrN4O2S2/c1-3-20-12(2)13(10-17-20)11-18-6-8-19(9-7-18)24(21,22)15-5-4-14(16)23-15/h4-5,10H,3,6-9,11H2,1-2H3. The molecule has 0 aliphatic carbocycles. The zero-order valence-corrected chi connectivity index (χ0v) is 17.0. The number of hydrogen-bond acceptors (Lipinski definition) is 5. The predicted octanol–water partition coefficient (Wildman–Crippen LogP) is 2.54. The molecule has 0 atom stereocenters. The molecule has 1 aliphatic rings. The Kier molecular flexibility index (Phi) is 5.45. The van der Waals surface area contributed by atoms with E-state index in [0.717, 1.165) is 30.0 Å². The maximum Gasteiger partial charge on any atom is 0.252 e. The van der Waals surface area contributed by atoms with Crippen molar-refractivity contribution < 1.29 is 8.42 Å². The minimum atomic E-state index is -3.37. The molecule has 0 bridgehead atoms. The van der Waals surface area contributed by atoms with E-state index in [1.54, 1.807) is 16.4 Å². The molecular weight excluding hydrogens is 412 g/mol. The van der Waals surface area contributed by atoms with Gasteiger partial charge in [-0.2, -0.15) is 9.40 Å². The molecule has 3 heterocycles. The van der Waals surface area contributed by atoms with E-state index >= 15 is 0 Å². The SMILES string of the molecule is CCn1ncc(CN2CCN(S(=O)(=O)c3ccc(Br)s3)CC2)c1C. The fraction of sp³-hybridized carbons (Fsp3) is 0.533. The number of rotatable bonds is 5. The lowest BCUT2D eigenvalue weighted by Crippen LogP contribution is -2.48. The maximum atomic E-state index is 12.6. The topological polar surface area (TPSA) is 58.4 Å². The van der Waals surface area contributed by atoms with Gasteiger partial charge in [-0.25, -0.2) is 8.42 Å². The molecule has 2 aromatic rings. The fourth-order valence-electron chi connectivity index (χ4n) is 2.89. The Morgan fingerprint density at radius 1 is 1.25 bits per heavy atom. The summed E-state index contributed by atoms with van der Waals surface area (Å²) in [6.07, 6.45) is 1.92. The zero-order valence-electron chi connectivity index (χ0n) is 13.8. The van der Waals surface area contributed by atoms with Crippen LogP contribution in [0.3, 0.4) is 0 Å². The summed E-state index contributed by atoms with van der Waals surface area (Å²) < 4.78 is 30.1. The van der Waals surface area contributed by atoms with Crippen molar-refractivity contribution in [1.29, 1.82) is 0 Å². The smallest absolute Gasteiger partial charge is 0.252 e. The van der Waals surface area contributed by atoms with Crippen molar-refractivity contribution in [2.45, 2.75) is 31.1 Å². The van der Waals surface area contributed by atoms with Crippen LogP contribution in [-0.2, 0) is 23.1 Å². The summed E-state index contributed by atoms with van der Waals surface area (Å²) in [7, 11) is -3.37. The van der Waals surface area contributed by atoms with E-state index < -0.39 is 10.0 Å². The van der Waals surface area contributed by atoms with Crippen LogP contribution in [0, 0.1) is 6.92 Å². The van der Waals surface area contributed by atoms with Crippen LogP contribution in [0.15, 0.2) is 26.3 Å². The number of hydrogen-bond donors (Lipinski definition) is 0. The van der Waals surface area contributed by atoms with Crippen molar-refractivity contribution >= 4 is 37.3 Å². The Hall–Kier alpha value is -0.740. The van der Waals surface area contributed by atoms with Crippen LogP contribution in [-0.4, -0.2) is 53.6 Å². The summed E-state index contributed by atoms with van der Waals surface area (Å²) in [5.74, 6) is 0. The first-order valence-electron chi connectivity index (χ1n) is 7.91. The average Bonchev–Trinajstić information content (AvgIpc) is 3.15. The van der Waals surface area contributed by atoms with Crippen molar-refractivity contribution in [3.8, 4) is 0 Å².